The summed E-state index contributed by atoms with van der Waals surface area (Å²) in [6, 6.07) is 6.43. The van der Waals surface area contributed by atoms with Crippen LogP contribution in [0.2, 0.25) is 0 Å². The summed E-state index contributed by atoms with van der Waals surface area (Å²) >= 11 is 0. The molecule has 0 saturated carbocycles. The van der Waals surface area contributed by atoms with E-state index in [9.17, 15) is 0 Å². The molecule has 0 saturated heterocycles. The Labute approximate surface area is 85.3 Å². The minimum atomic E-state index is 0.766. The second-order valence-corrected chi connectivity index (χ2v) is 3.97. The molecule has 1 aromatic rings. The zero-order valence-corrected chi connectivity index (χ0v) is 8.84. The van der Waals surface area contributed by atoms with Crippen molar-refractivity contribution in [2.24, 2.45) is 5.92 Å². The van der Waals surface area contributed by atoms with E-state index in [0.29, 0.717) is 0 Å². The van der Waals surface area contributed by atoms with E-state index < -0.39 is 0 Å². The minimum absolute atomic E-state index is 0.766. The van der Waals surface area contributed by atoms with Crippen LogP contribution in [-0.4, -0.2) is 20.7 Å². The van der Waals surface area contributed by atoms with Gasteiger partial charge in [-0.25, -0.2) is 0 Å². The van der Waals surface area contributed by atoms with Crippen LogP contribution < -0.4 is 10.1 Å². The third-order valence-corrected chi connectivity index (χ3v) is 2.92. The molecule has 76 valence electrons. The van der Waals surface area contributed by atoms with E-state index in [1.807, 2.05) is 7.05 Å². The molecule has 0 amide bonds. The number of ether oxygens (including phenoxy) is 1. The topological polar surface area (TPSA) is 21.3 Å². The predicted octanol–water partition coefficient (Wildman–Crippen LogP) is 1.63. The van der Waals surface area contributed by atoms with Crippen molar-refractivity contribution < 1.29 is 4.74 Å². The lowest BCUT2D eigenvalue weighted by Crippen LogP contribution is -2.18. The fourth-order valence-corrected chi connectivity index (χ4v) is 2.25. The predicted molar refractivity (Wildman–Crippen MR) is 57.8 cm³/mol. The average Bonchev–Trinajstić information content (AvgIpc) is 2.59. The monoisotopic (exact) mass is 191 g/mol. The molecule has 14 heavy (non-hydrogen) atoms. The first-order valence-electron chi connectivity index (χ1n) is 5.14. The number of hydrogen-bond acceptors (Lipinski definition) is 2. The molecule has 1 aliphatic rings. The van der Waals surface area contributed by atoms with E-state index in [1.165, 1.54) is 24.0 Å². The Bertz CT molecular complexity index is 322. The van der Waals surface area contributed by atoms with Gasteiger partial charge in [0.15, 0.2) is 0 Å². The fourth-order valence-electron chi connectivity index (χ4n) is 2.25. The highest BCUT2D eigenvalue weighted by Gasteiger charge is 2.20. The van der Waals surface area contributed by atoms with E-state index in [-0.39, 0.29) is 0 Å². The molecular weight excluding hydrogens is 174 g/mol. The van der Waals surface area contributed by atoms with Crippen molar-refractivity contribution >= 4 is 0 Å². The molecule has 2 nitrogen and oxygen atoms in total. The quantitative estimate of drug-likeness (QED) is 0.784. The zero-order chi connectivity index (χ0) is 9.97. The van der Waals surface area contributed by atoms with E-state index in [4.69, 9.17) is 4.74 Å². The third-order valence-electron chi connectivity index (χ3n) is 2.92. The number of hydrogen-bond donors (Lipinski definition) is 1. The molecule has 0 bridgehead atoms. The molecular formula is C12H17NO. The third kappa shape index (κ3) is 1.75. The van der Waals surface area contributed by atoms with Gasteiger partial charge in [-0.05, 0) is 55.6 Å². The second kappa shape index (κ2) is 4.01. The number of methoxy groups -OCH3 is 1. The number of rotatable bonds is 3. The van der Waals surface area contributed by atoms with Crippen LogP contribution in [0.25, 0.3) is 0 Å². The highest BCUT2D eigenvalue weighted by atomic mass is 16.5. The summed E-state index contributed by atoms with van der Waals surface area (Å²) in [4.78, 5) is 0. The maximum absolute atomic E-state index is 5.22. The van der Waals surface area contributed by atoms with Gasteiger partial charge >= 0.3 is 0 Å². The van der Waals surface area contributed by atoms with Gasteiger partial charge in [0.1, 0.15) is 5.75 Å². The summed E-state index contributed by atoms with van der Waals surface area (Å²) in [5.41, 5.74) is 2.95. The molecule has 0 heterocycles. The van der Waals surface area contributed by atoms with E-state index in [2.05, 4.69) is 23.5 Å². The molecule has 1 aliphatic carbocycles. The number of benzene rings is 1. The Hall–Kier alpha value is -1.02. The summed E-state index contributed by atoms with van der Waals surface area (Å²) in [6.07, 6.45) is 2.40. The number of nitrogens with one attached hydrogen (secondary N) is 1. The lowest BCUT2D eigenvalue weighted by atomic mass is 10.1. The molecule has 1 N–H and O–H groups in total. The lowest BCUT2D eigenvalue weighted by molar-refractivity contribution is 0.414. The molecule has 0 fully saturated rings. The molecule has 0 aromatic heterocycles. The molecule has 1 aromatic carbocycles. The van der Waals surface area contributed by atoms with Crippen LogP contribution in [0.4, 0.5) is 0 Å². The molecule has 1 unspecified atom stereocenters. The summed E-state index contributed by atoms with van der Waals surface area (Å²) < 4.78 is 5.22. The Kier molecular flexibility index (Phi) is 2.73. The van der Waals surface area contributed by atoms with Crippen molar-refractivity contribution in [3.63, 3.8) is 0 Å². The fraction of sp³-hybridized carbons (Fsp3) is 0.500. The highest BCUT2D eigenvalue weighted by Crippen LogP contribution is 2.29. The van der Waals surface area contributed by atoms with Crippen molar-refractivity contribution in [3.05, 3.63) is 29.3 Å². The SMILES string of the molecule is CNCC1Cc2ccc(OC)cc2C1. The van der Waals surface area contributed by atoms with Crippen LogP contribution in [0.5, 0.6) is 5.75 Å². The molecule has 0 radical (unpaired) electrons. The van der Waals surface area contributed by atoms with Crippen LogP contribution in [-0.2, 0) is 12.8 Å². The lowest BCUT2D eigenvalue weighted by Gasteiger charge is -2.05. The highest BCUT2D eigenvalue weighted by molar-refractivity contribution is 5.39. The second-order valence-electron chi connectivity index (χ2n) is 3.97. The van der Waals surface area contributed by atoms with E-state index in [0.717, 1.165) is 18.2 Å². The first-order valence-corrected chi connectivity index (χ1v) is 5.14. The van der Waals surface area contributed by atoms with Crippen molar-refractivity contribution in [1.29, 1.82) is 0 Å². The zero-order valence-electron chi connectivity index (χ0n) is 8.84. The van der Waals surface area contributed by atoms with Crippen molar-refractivity contribution in [3.8, 4) is 5.75 Å². The largest absolute Gasteiger partial charge is 0.497 e. The van der Waals surface area contributed by atoms with E-state index in [1.54, 1.807) is 7.11 Å². The van der Waals surface area contributed by atoms with Gasteiger partial charge in [0.05, 0.1) is 7.11 Å². The van der Waals surface area contributed by atoms with Gasteiger partial charge in [0.25, 0.3) is 0 Å². The van der Waals surface area contributed by atoms with Crippen molar-refractivity contribution in [2.75, 3.05) is 20.7 Å². The Morgan fingerprint density at radius 2 is 2.14 bits per heavy atom. The molecule has 1 atom stereocenters. The maximum atomic E-state index is 5.22. The number of fused-ring (bicyclic) bond motifs is 1. The van der Waals surface area contributed by atoms with Gasteiger partial charge < -0.3 is 10.1 Å². The standard InChI is InChI=1S/C12H17NO/c1-13-8-9-5-10-3-4-12(14-2)7-11(10)6-9/h3-4,7,9,13H,5-6,8H2,1-2H3. The van der Waals surface area contributed by atoms with Gasteiger partial charge in [-0.15, -0.1) is 0 Å². The van der Waals surface area contributed by atoms with Gasteiger partial charge in [-0.2, -0.15) is 0 Å². The van der Waals surface area contributed by atoms with Crippen molar-refractivity contribution in [1.82, 2.24) is 5.32 Å². The molecule has 0 aliphatic heterocycles. The van der Waals surface area contributed by atoms with E-state index >= 15 is 0 Å². The molecule has 2 heteroatoms. The molecule has 2 rings (SSSR count). The smallest absolute Gasteiger partial charge is 0.119 e. The Morgan fingerprint density at radius 3 is 2.86 bits per heavy atom. The maximum Gasteiger partial charge on any atom is 0.119 e. The van der Waals surface area contributed by atoms with Gasteiger partial charge in [-0.3, -0.25) is 0 Å². The van der Waals surface area contributed by atoms with Crippen LogP contribution in [0.1, 0.15) is 11.1 Å². The summed E-state index contributed by atoms with van der Waals surface area (Å²) in [5.74, 6) is 1.75. The average molecular weight is 191 g/mol. The van der Waals surface area contributed by atoms with Crippen molar-refractivity contribution in [2.45, 2.75) is 12.8 Å². The van der Waals surface area contributed by atoms with Crippen LogP contribution >= 0.6 is 0 Å². The first kappa shape index (κ1) is 9.53. The normalized spacial score (nSPS) is 19.4. The minimum Gasteiger partial charge on any atom is -0.497 e. The Morgan fingerprint density at radius 1 is 1.36 bits per heavy atom. The van der Waals surface area contributed by atoms with Crippen LogP contribution in [0.3, 0.4) is 0 Å². The van der Waals surface area contributed by atoms with Gasteiger partial charge in [0, 0.05) is 0 Å². The van der Waals surface area contributed by atoms with Crippen LogP contribution in [0.15, 0.2) is 18.2 Å². The van der Waals surface area contributed by atoms with Gasteiger partial charge in [-0.1, -0.05) is 6.07 Å². The summed E-state index contributed by atoms with van der Waals surface area (Å²) in [5, 5.41) is 3.24. The Balaban J connectivity index is 2.14. The first-order chi connectivity index (χ1) is 6.83. The molecule has 0 spiro atoms. The van der Waals surface area contributed by atoms with Gasteiger partial charge in [0.2, 0.25) is 0 Å². The van der Waals surface area contributed by atoms with Crippen LogP contribution in [0, 0.1) is 5.92 Å². The summed E-state index contributed by atoms with van der Waals surface area (Å²) in [6.45, 7) is 1.11. The summed E-state index contributed by atoms with van der Waals surface area (Å²) in [7, 11) is 3.74.